The zero-order valence-corrected chi connectivity index (χ0v) is 14.6. The highest BCUT2D eigenvalue weighted by Gasteiger charge is 2.15. The Kier molecular flexibility index (Phi) is 4.63. The highest BCUT2D eigenvalue weighted by atomic mass is 19.1. The van der Waals surface area contributed by atoms with Crippen molar-refractivity contribution in [1.29, 1.82) is 0 Å². The van der Waals surface area contributed by atoms with E-state index in [0.717, 1.165) is 0 Å². The van der Waals surface area contributed by atoms with Gasteiger partial charge in [0.2, 0.25) is 6.79 Å². The number of hydrogen-bond acceptors (Lipinski definition) is 4. The second-order valence-electron chi connectivity index (χ2n) is 6.07. The summed E-state index contributed by atoms with van der Waals surface area (Å²) >= 11 is 0. The maximum absolute atomic E-state index is 13.3. The Morgan fingerprint density at radius 1 is 0.750 bits per heavy atom. The molecule has 0 fully saturated rings. The molecule has 7 heteroatoms. The van der Waals surface area contributed by atoms with E-state index in [1.807, 2.05) is 0 Å². The number of halogens is 1. The number of fused-ring (bicyclic) bond motifs is 1. The van der Waals surface area contributed by atoms with Crippen molar-refractivity contribution in [3.05, 3.63) is 83.7 Å². The second kappa shape index (κ2) is 7.40. The molecule has 2 amide bonds. The zero-order chi connectivity index (χ0) is 19.5. The minimum atomic E-state index is -0.449. The van der Waals surface area contributed by atoms with E-state index in [0.29, 0.717) is 28.4 Å². The lowest BCUT2D eigenvalue weighted by Gasteiger charge is -2.09. The second-order valence-corrected chi connectivity index (χ2v) is 6.07. The number of nitrogens with one attached hydrogen (secondary N) is 2. The average Bonchev–Trinajstić information content (AvgIpc) is 3.16. The summed E-state index contributed by atoms with van der Waals surface area (Å²) in [6, 6.07) is 16.9. The van der Waals surface area contributed by atoms with Crippen LogP contribution in [0.25, 0.3) is 0 Å². The van der Waals surface area contributed by atoms with E-state index in [-0.39, 0.29) is 18.3 Å². The van der Waals surface area contributed by atoms with Crippen LogP contribution < -0.4 is 20.1 Å². The van der Waals surface area contributed by atoms with E-state index >= 15 is 0 Å². The quantitative estimate of drug-likeness (QED) is 0.718. The van der Waals surface area contributed by atoms with Gasteiger partial charge in [-0.1, -0.05) is 12.1 Å². The van der Waals surface area contributed by atoms with E-state index < -0.39 is 11.7 Å². The molecule has 3 aromatic carbocycles. The topological polar surface area (TPSA) is 76.7 Å². The summed E-state index contributed by atoms with van der Waals surface area (Å²) in [5.74, 6) is -0.0905. The predicted octanol–water partition coefficient (Wildman–Crippen LogP) is 4.06. The van der Waals surface area contributed by atoms with E-state index in [9.17, 15) is 14.0 Å². The molecule has 4 rings (SSSR count). The minimum absolute atomic E-state index is 0.148. The Morgan fingerprint density at radius 3 is 2.11 bits per heavy atom. The molecule has 6 nitrogen and oxygen atoms in total. The van der Waals surface area contributed by atoms with Crippen LogP contribution in [0.1, 0.15) is 20.7 Å². The smallest absolute Gasteiger partial charge is 0.255 e. The van der Waals surface area contributed by atoms with Crippen LogP contribution in [0.3, 0.4) is 0 Å². The zero-order valence-electron chi connectivity index (χ0n) is 14.6. The molecule has 0 aliphatic carbocycles. The number of amides is 2. The number of hydrogen-bond donors (Lipinski definition) is 2. The van der Waals surface area contributed by atoms with E-state index in [1.165, 1.54) is 24.3 Å². The lowest BCUT2D eigenvalue weighted by Crippen LogP contribution is -2.15. The van der Waals surface area contributed by atoms with Gasteiger partial charge < -0.3 is 20.1 Å². The van der Waals surface area contributed by atoms with Crippen molar-refractivity contribution in [3.63, 3.8) is 0 Å². The summed E-state index contributed by atoms with van der Waals surface area (Å²) in [5.41, 5.74) is 1.47. The number of ether oxygens (including phenoxy) is 2. The standard InChI is InChI=1S/C21H15FN2O4/c22-15-5-2-6-16(10-15)23-20(25)13-3-1-4-14(9-13)21(26)24-17-7-8-18-19(11-17)28-12-27-18/h1-11H,12H2,(H,23,25)(H,24,26). The minimum Gasteiger partial charge on any atom is -0.454 e. The van der Waals surface area contributed by atoms with Gasteiger partial charge in [-0.15, -0.1) is 0 Å². The molecule has 140 valence electrons. The molecule has 0 aromatic heterocycles. The third kappa shape index (κ3) is 3.78. The van der Waals surface area contributed by atoms with E-state index in [2.05, 4.69) is 10.6 Å². The van der Waals surface area contributed by atoms with Gasteiger partial charge in [-0.2, -0.15) is 0 Å². The van der Waals surface area contributed by atoms with Crippen LogP contribution in [-0.4, -0.2) is 18.6 Å². The average molecular weight is 378 g/mol. The predicted molar refractivity (Wildman–Crippen MR) is 101 cm³/mol. The van der Waals surface area contributed by atoms with Gasteiger partial charge in [-0.05, 0) is 48.5 Å². The molecular weight excluding hydrogens is 363 g/mol. The van der Waals surface area contributed by atoms with Crippen molar-refractivity contribution in [2.24, 2.45) is 0 Å². The first-order valence-electron chi connectivity index (χ1n) is 8.46. The van der Waals surface area contributed by atoms with Crippen LogP contribution in [0.2, 0.25) is 0 Å². The molecule has 28 heavy (non-hydrogen) atoms. The van der Waals surface area contributed by atoms with Gasteiger partial charge in [0.15, 0.2) is 11.5 Å². The monoisotopic (exact) mass is 378 g/mol. The molecule has 0 radical (unpaired) electrons. The van der Waals surface area contributed by atoms with Gasteiger partial charge in [-0.25, -0.2) is 4.39 Å². The summed E-state index contributed by atoms with van der Waals surface area (Å²) in [6.45, 7) is 0.148. The maximum atomic E-state index is 13.3. The van der Waals surface area contributed by atoms with Gasteiger partial charge in [0.05, 0.1) is 0 Å². The SMILES string of the molecule is O=C(Nc1cccc(F)c1)c1cccc(C(=O)Nc2ccc3c(c2)OCO3)c1. The molecule has 0 bridgehead atoms. The van der Waals surface area contributed by atoms with Crippen LogP contribution in [0.5, 0.6) is 11.5 Å². The van der Waals surface area contributed by atoms with E-state index in [4.69, 9.17) is 9.47 Å². The molecule has 1 aliphatic rings. The van der Waals surface area contributed by atoms with Crippen LogP contribution in [0, 0.1) is 5.82 Å². The van der Waals surface area contributed by atoms with Crippen molar-refractivity contribution < 1.29 is 23.5 Å². The third-order valence-corrected chi connectivity index (χ3v) is 4.10. The van der Waals surface area contributed by atoms with Crippen molar-refractivity contribution >= 4 is 23.2 Å². The van der Waals surface area contributed by atoms with Crippen molar-refractivity contribution in [2.45, 2.75) is 0 Å². The summed E-state index contributed by atoms with van der Waals surface area (Å²) in [6.07, 6.45) is 0. The largest absolute Gasteiger partial charge is 0.454 e. The fourth-order valence-electron chi connectivity index (χ4n) is 2.75. The van der Waals surface area contributed by atoms with Crippen molar-refractivity contribution in [2.75, 3.05) is 17.4 Å². The Bertz CT molecular complexity index is 1070. The molecular formula is C21H15FN2O4. The molecule has 1 aliphatic heterocycles. The van der Waals surface area contributed by atoms with Crippen LogP contribution in [0.15, 0.2) is 66.7 Å². The van der Waals surface area contributed by atoms with Gasteiger partial charge in [0.25, 0.3) is 11.8 Å². The molecule has 2 N–H and O–H groups in total. The van der Waals surface area contributed by atoms with Gasteiger partial charge in [-0.3, -0.25) is 9.59 Å². The number of benzene rings is 3. The first-order valence-corrected chi connectivity index (χ1v) is 8.46. The Balaban J connectivity index is 1.48. The maximum Gasteiger partial charge on any atom is 0.255 e. The van der Waals surface area contributed by atoms with Crippen molar-refractivity contribution in [3.8, 4) is 11.5 Å². The Morgan fingerprint density at radius 2 is 1.39 bits per heavy atom. The summed E-state index contributed by atoms with van der Waals surface area (Å²) in [5, 5.41) is 5.36. The highest BCUT2D eigenvalue weighted by Crippen LogP contribution is 2.34. The Labute approximate surface area is 159 Å². The molecule has 1 heterocycles. The van der Waals surface area contributed by atoms with Crippen LogP contribution in [-0.2, 0) is 0 Å². The highest BCUT2D eigenvalue weighted by molar-refractivity contribution is 6.08. The molecule has 0 atom stereocenters. The molecule has 0 saturated carbocycles. The summed E-state index contributed by atoms with van der Waals surface area (Å²) in [7, 11) is 0. The van der Waals surface area contributed by atoms with Crippen LogP contribution in [0.4, 0.5) is 15.8 Å². The van der Waals surface area contributed by atoms with Gasteiger partial charge >= 0.3 is 0 Å². The molecule has 0 spiro atoms. The van der Waals surface area contributed by atoms with Gasteiger partial charge in [0, 0.05) is 28.6 Å². The molecule has 0 unspecified atom stereocenters. The lowest BCUT2D eigenvalue weighted by molar-refractivity contribution is 0.102. The number of rotatable bonds is 4. The molecule has 3 aromatic rings. The fourth-order valence-corrected chi connectivity index (χ4v) is 2.75. The van der Waals surface area contributed by atoms with E-state index in [1.54, 1.807) is 42.5 Å². The van der Waals surface area contributed by atoms with Crippen LogP contribution >= 0.6 is 0 Å². The lowest BCUT2D eigenvalue weighted by atomic mass is 10.1. The third-order valence-electron chi connectivity index (χ3n) is 4.10. The summed E-state index contributed by atoms with van der Waals surface area (Å²) < 4.78 is 23.8. The normalized spacial score (nSPS) is 11.8. The number of carbonyl (C=O) groups is 2. The van der Waals surface area contributed by atoms with Gasteiger partial charge in [0.1, 0.15) is 5.82 Å². The number of carbonyl (C=O) groups excluding carboxylic acids is 2. The molecule has 0 saturated heterocycles. The first-order chi connectivity index (χ1) is 13.6. The summed E-state index contributed by atoms with van der Waals surface area (Å²) in [4.78, 5) is 24.9. The Hall–Kier alpha value is -3.87. The number of anilines is 2. The van der Waals surface area contributed by atoms with Crippen molar-refractivity contribution in [1.82, 2.24) is 0 Å². The fraction of sp³-hybridized carbons (Fsp3) is 0.0476. The first kappa shape index (κ1) is 17.5.